The van der Waals surface area contributed by atoms with Crippen LogP contribution in [-0.2, 0) is 20.8 Å². The molecule has 3 aliphatic rings. The molecule has 1 spiro atoms. The number of hydrogen-bond donors (Lipinski definition) is 1. The second-order valence-corrected chi connectivity index (χ2v) is 15.2. The Morgan fingerprint density at radius 3 is 2.47 bits per heavy atom. The highest BCUT2D eigenvalue weighted by atomic mass is 19.3. The average Bonchev–Trinajstić information content (AvgIpc) is 3.50. The topological polar surface area (TPSA) is 91.3 Å². The molecule has 2 aliphatic heterocycles. The number of nitrogens with zero attached hydrogens (tertiary/aromatic N) is 2. The molecule has 0 amide bonds. The Labute approximate surface area is 287 Å². The normalized spacial score (nSPS) is 20.9. The number of carbonyl (C=O) groups is 2. The monoisotopic (exact) mass is 681 g/mol. The van der Waals surface area contributed by atoms with Crippen LogP contribution in [0.2, 0.25) is 0 Å². The van der Waals surface area contributed by atoms with Crippen molar-refractivity contribution in [2.24, 2.45) is 11.3 Å². The third-order valence-corrected chi connectivity index (χ3v) is 10.4. The number of nitrogens with one attached hydrogen (secondary N) is 1. The quantitative estimate of drug-likeness (QED) is 0.239. The molecule has 0 radical (unpaired) electrons. The maximum atomic E-state index is 14.5. The van der Waals surface area contributed by atoms with Gasteiger partial charge in [-0.3, -0.25) is 9.47 Å². The number of benzene rings is 2. The average molecular weight is 682 g/mol. The summed E-state index contributed by atoms with van der Waals surface area (Å²) in [7, 11) is 3.00. The lowest BCUT2D eigenvalue weighted by Gasteiger charge is -2.55. The number of fused-ring (bicyclic) bond motifs is 1. The van der Waals surface area contributed by atoms with Crippen molar-refractivity contribution in [3.63, 3.8) is 0 Å². The highest BCUT2D eigenvalue weighted by molar-refractivity contribution is 5.95. The molecule has 6 rings (SSSR count). The van der Waals surface area contributed by atoms with E-state index in [0.717, 1.165) is 59.3 Å². The van der Waals surface area contributed by atoms with E-state index in [1.54, 1.807) is 23.9 Å². The number of ether oxygens (including phenoxy) is 4. The van der Waals surface area contributed by atoms with Gasteiger partial charge in [-0.15, -0.1) is 0 Å². The Bertz CT molecular complexity index is 1700. The van der Waals surface area contributed by atoms with Crippen molar-refractivity contribution in [1.82, 2.24) is 9.47 Å². The fraction of sp³-hybridized carbons (Fsp3) is 0.579. The minimum absolute atomic E-state index is 0.119. The minimum atomic E-state index is -2.65. The van der Waals surface area contributed by atoms with Crippen LogP contribution in [0, 0.1) is 18.3 Å². The molecule has 1 saturated carbocycles. The molecule has 1 unspecified atom stereocenters. The number of piperidine rings is 1. The number of rotatable bonds is 8. The van der Waals surface area contributed by atoms with E-state index >= 15 is 0 Å². The van der Waals surface area contributed by atoms with Gasteiger partial charge in [-0.2, -0.15) is 0 Å². The van der Waals surface area contributed by atoms with Crippen molar-refractivity contribution in [3.8, 4) is 5.75 Å². The molecule has 3 heterocycles. The number of methoxy groups -OCH3 is 2. The van der Waals surface area contributed by atoms with Crippen LogP contribution in [0.3, 0.4) is 0 Å². The maximum Gasteiger partial charge on any atom is 0.419 e. The van der Waals surface area contributed by atoms with Gasteiger partial charge in [0, 0.05) is 68.0 Å². The number of aromatic nitrogens is 1. The molecule has 11 heteroatoms. The summed E-state index contributed by atoms with van der Waals surface area (Å²) < 4.78 is 52.7. The summed E-state index contributed by atoms with van der Waals surface area (Å²) in [5.74, 6) is -1.97. The van der Waals surface area contributed by atoms with E-state index in [9.17, 15) is 18.4 Å². The van der Waals surface area contributed by atoms with Crippen molar-refractivity contribution >= 4 is 28.7 Å². The third kappa shape index (κ3) is 7.43. The number of alkyl halides is 2. The second-order valence-electron chi connectivity index (χ2n) is 15.2. The zero-order valence-electron chi connectivity index (χ0n) is 29.5. The summed E-state index contributed by atoms with van der Waals surface area (Å²) in [6, 6.07) is 9.19. The number of carbonyl (C=O) groups excluding carboxylic acids is 2. The third-order valence-electron chi connectivity index (χ3n) is 10.4. The van der Waals surface area contributed by atoms with Crippen LogP contribution in [0.15, 0.2) is 36.5 Å². The Morgan fingerprint density at radius 1 is 1.08 bits per heavy atom. The standard InChI is InChI=1S/C38H49F2N3O6/c1-24-17-32(46-5)29(27-9-13-43(33(24)27)35(45)49-36(2,3)4)21-42-14-12-37(22-38(39,40)23-37)19-31(42)28-8-7-26(34(44)47-6)18-30(28)41-20-25-10-15-48-16-11-25/h7-9,13,17-18,25,31,41H,10-12,14-16,19-23H2,1-6H3. The Kier molecular flexibility index (Phi) is 9.71. The molecule has 266 valence electrons. The Balaban J connectivity index is 1.40. The summed E-state index contributed by atoms with van der Waals surface area (Å²) in [6.07, 6.45) is 4.13. The van der Waals surface area contributed by atoms with E-state index in [0.29, 0.717) is 49.7 Å². The lowest BCUT2D eigenvalue weighted by Crippen LogP contribution is -2.53. The van der Waals surface area contributed by atoms with Crippen LogP contribution in [0.25, 0.3) is 10.9 Å². The number of hydrogen-bond acceptors (Lipinski definition) is 8. The fourth-order valence-electron chi connectivity index (χ4n) is 8.06. The van der Waals surface area contributed by atoms with Gasteiger partial charge in [-0.05, 0) is 107 Å². The van der Waals surface area contributed by atoms with Crippen molar-refractivity contribution in [2.75, 3.05) is 45.8 Å². The number of likely N-dealkylation sites (tertiary alicyclic amines) is 1. The van der Waals surface area contributed by atoms with Crippen molar-refractivity contribution in [1.29, 1.82) is 0 Å². The lowest BCUT2D eigenvalue weighted by atomic mass is 9.58. The lowest BCUT2D eigenvalue weighted by molar-refractivity contribution is -0.186. The van der Waals surface area contributed by atoms with Gasteiger partial charge in [0.1, 0.15) is 11.4 Å². The first-order valence-electron chi connectivity index (χ1n) is 17.3. The van der Waals surface area contributed by atoms with Crippen molar-refractivity contribution in [3.05, 3.63) is 58.8 Å². The number of anilines is 1. The van der Waals surface area contributed by atoms with Crippen LogP contribution >= 0.6 is 0 Å². The van der Waals surface area contributed by atoms with Gasteiger partial charge >= 0.3 is 12.1 Å². The smallest absolute Gasteiger partial charge is 0.419 e. The molecule has 1 aliphatic carbocycles. The Hall–Kier alpha value is -3.70. The largest absolute Gasteiger partial charge is 0.496 e. The van der Waals surface area contributed by atoms with Gasteiger partial charge in [-0.25, -0.2) is 18.4 Å². The Morgan fingerprint density at radius 2 is 1.82 bits per heavy atom. The van der Waals surface area contributed by atoms with Crippen LogP contribution < -0.4 is 10.1 Å². The first kappa shape index (κ1) is 35.1. The minimum Gasteiger partial charge on any atom is -0.496 e. The van der Waals surface area contributed by atoms with E-state index in [1.165, 1.54) is 7.11 Å². The van der Waals surface area contributed by atoms with Gasteiger partial charge in [0.2, 0.25) is 5.92 Å². The first-order chi connectivity index (χ1) is 23.2. The van der Waals surface area contributed by atoms with Gasteiger partial charge in [0.05, 0.1) is 25.3 Å². The predicted octanol–water partition coefficient (Wildman–Crippen LogP) is 8.12. The zero-order valence-corrected chi connectivity index (χ0v) is 29.5. The van der Waals surface area contributed by atoms with Gasteiger partial charge in [0.25, 0.3) is 0 Å². The maximum absolute atomic E-state index is 14.5. The van der Waals surface area contributed by atoms with Crippen LogP contribution in [0.4, 0.5) is 19.3 Å². The van der Waals surface area contributed by atoms with Gasteiger partial charge in [0.15, 0.2) is 0 Å². The second kappa shape index (κ2) is 13.5. The summed E-state index contributed by atoms with van der Waals surface area (Å²) in [5, 5.41) is 4.51. The molecule has 2 saturated heterocycles. The molecule has 2 aromatic carbocycles. The van der Waals surface area contributed by atoms with Crippen LogP contribution in [0.1, 0.15) is 92.4 Å². The molecule has 1 atom stereocenters. The molecule has 3 aromatic rings. The van der Waals surface area contributed by atoms with E-state index < -0.39 is 29.0 Å². The first-order valence-corrected chi connectivity index (χ1v) is 17.3. The molecule has 1 N–H and O–H groups in total. The summed E-state index contributed by atoms with van der Waals surface area (Å²) in [4.78, 5) is 28.2. The SMILES string of the molecule is COC(=O)c1ccc(C2CC3(CCN2Cc2c(OC)cc(C)c4c2ccn4C(=O)OC(C)(C)C)CC(F)(F)C3)c(NCC2CCOCC2)c1. The van der Waals surface area contributed by atoms with Crippen LogP contribution in [0.5, 0.6) is 5.75 Å². The van der Waals surface area contributed by atoms with Gasteiger partial charge < -0.3 is 24.3 Å². The molecule has 3 fully saturated rings. The summed E-state index contributed by atoms with van der Waals surface area (Å²) in [5.41, 5.74) is 3.60. The van der Waals surface area contributed by atoms with Gasteiger partial charge in [-0.1, -0.05) is 6.07 Å². The van der Waals surface area contributed by atoms with E-state index in [4.69, 9.17) is 18.9 Å². The number of aryl methyl sites for hydroxylation is 1. The summed E-state index contributed by atoms with van der Waals surface area (Å²) >= 11 is 0. The molecule has 0 bridgehead atoms. The number of esters is 1. The van der Waals surface area contributed by atoms with E-state index in [1.807, 2.05) is 52.0 Å². The highest BCUT2D eigenvalue weighted by Gasteiger charge is 2.58. The molecule has 9 nitrogen and oxygen atoms in total. The van der Waals surface area contributed by atoms with Crippen LogP contribution in [-0.4, -0.2) is 73.6 Å². The fourth-order valence-corrected chi connectivity index (χ4v) is 8.06. The van der Waals surface area contributed by atoms with Crippen molar-refractivity contribution < 1.29 is 37.3 Å². The highest BCUT2D eigenvalue weighted by Crippen LogP contribution is 2.61. The zero-order chi connectivity index (χ0) is 35.1. The predicted molar refractivity (Wildman–Crippen MR) is 184 cm³/mol. The molecular formula is C38H49F2N3O6. The summed E-state index contributed by atoms with van der Waals surface area (Å²) in [6.45, 7) is 10.7. The molecule has 49 heavy (non-hydrogen) atoms. The van der Waals surface area contributed by atoms with Crippen molar-refractivity contribution in [2.45, 2.75) is 90.3 Å². The van der Waals surface area contributed by atoms with E-state index in [2.05, 4.69) is 10.2 Å². The molecular weight excluding hydrogens is 632 g/mol. The van der Waals surface area contributed by atoms with E-state index in [-0.39, 0.29) is 18.9 Å². The molecule has 1 aromatic heterocycles. The number of halogens is 2.